The maximum absolute atomic E-state index is 5.42. The van der Waals surface area contributed by atoms with Crippen molar-refractivity contribution in [3.05, 3.63) is 29.5 Å². The number of benzene rings is 1. The van der Waals surface area contributed by atoms with Crippen LogP contribution in [0.1, 0.15) is 17.7 Å². The van der Waals surface area contributed by atoms with Gasteiger partial charge in [-0.25, -0.2) is 0 Å². The first-order chi connectivity index (χ1) is 7.84. The van der Waals surface area contributed by atoms with Crippen molar-refractivity contribution in [2.24, 2.45) is 5.92 Å². The molecule has 1 saturated heterocycles. The minimum Gasteiger partial charge on any atom is -0.356 e. The monoisotopic (exact) mass is 216 g/mol. The number of aryl methyl sites for hydroxylation is 1. The summed E-state index contributed by atoms with van der Waals surface area (Å²) in [5, 5.41) is 8.79. The first kappa shape index (κ1) is 9.85. The van der Waals surface area contributed by atoms with Crippen molar-refractivity contribution in [3.8, 4) is 0 Å². The summed E-state index contributed by atoms with van der Waals surface area (Å²) in [5.74, 6) is 0.716. The molecule has 1 fully saturated rings. The number of hydrogen-bond acceptors (Lipinski definition) is 3. The first-order valence-corrected chi connectivity index (χ1v) is 5.89. The molecule has 3 heteroatoms. The highest BCUT2D eigenvalue weighted by molar-refractivity contribution is 5.82. The van der Waals surface area contributed by atoms with Crippen molar-refractivity contribution in [1.82, 2.24) is 10.5 Å². The summed E-state index contributed by atoms with van der Waals surface area (Å²) in [6, 6.07) is 6.25. The van der Waals surface area contributed by atoms with E-state index in [9.17, 15) is 0 Å². The maximum atomic E-state index is 5.42. The van der Waals surface area contributed by atoms with Crippen LogP contribution in [0.5, 0.6) is 0 Å². The molecule has 3 nitrogen and oxygen atoms in total. The molecule has 2 heterocycles. The molecule has 1 aliphatic rings. The van der Waals surface area contributed by atoms with Crippen molar-refractivity contribution in [2.45, 2.75) is 19.8 Å². The van der Waals surface area contributed by atoms with Crippen molar-refractivity contribution < 1.29 is 4.52 Å². The minimum atomic E-state index is 0.716. The molecule has 0 bridgehead atoms. The topological polar surface area (TPSA) is 38.1 Å². The van der Waals surface area contributed by atoms with Gasteiger partial charge in [0.15, 0.2) is 5.58 Å². The molecule has 1 aliphatic heterocycles. The zero-order valence-electron chi connectivity index (χ0n) is 9.49. The predicted octanol–water partition coefficient (Wildman–Crippen LogP) is 2.29. The number of rotatable bonds is 2. The van der Waals surface area contributed by atoms with Crippen LogP contribution in [-0.4, -0.2) is 18.2 Å². The highest BCUT2D eigenvalue weighted by Crippen LogP contribution is 2.24. The van der Waals surface area contributed by atoms with Crippen LogP contribution in [0, 0.1) is 12.8 Å². The van der Waals surface area contributed by atoms with E-state index in [4.69, 9.17) is 4.52 Å². The Kier molecular flexibility index (Phi) is 2.40. The Bertz CT molecular complexity index is 498. The third kappa shape index (κ3) is 1.61. The van der Waals surface area contributed by atoms with Crippen LogP contribution in [0.25, 0.3) is 11.0 Å². The lowest BCUT2D eigenvalue weighted by atomic mass is 10.00. The Morgan fingerprint density at radius 2 is 2.44 bits per heavy atom. The largest absolute Gasteiger partial charge is 0.356 e. The van der Waals surface area contributed by atoms with E-state index >= 15 is 0 Å². The fourth-order valence-electron chi connectivity index (χ4n) is 2.46. The highest BCUT2D eigenvalue weighted by Gasteiger charge is 2.18. The predicted molar refractivity (Wildman–Crippen MR) is 63.4 cm³/mol. The van der Waals surface area contributed by atoms with Gasteiger partial charge in [0.05, 0.1) is 5.69 Å². The van der Waals surface area contributed by atoms with Gasteiger partial charge in [0.25, 0.3) is 0 Å². The lowest BCUT2D eigenvalue weighted by molar-refractivity contribution is 0.434. The number of para-hydroxylation sites is 1. The molecular weight excluding hydrogens is 200 g/mol. The molecule has 0 amide bonds. The van der Waals surface area contributed by atoms with E-state index in [1.807, 2.05) is 0 Å². The summed E-state index contributed by atoms with van der Waals surface area (Å²) in [4.78, 5) is 0. The van der Waals surface area contributed by atoms with Gasteiger partial charge in [-0.3, -0.25) is 0 Å². The number of fused-ring (bicyclic) bond motifs is 1. The van der Waals surface area contributed by atoms with Crippen LogP contribution in [0.3, 0.4) is 0 Å². The van der Waals surface area contributed by atoms with Gasteiger partial charge in [-0.1, -0.05) is 17.3 Å². The van der Waals surface area contributed by atoms with Crippen LogP contribution in [0.2, 0.25) is 0 Å². The first-order valence-electron chi connectivity index (χ1n) is 5.89. The zero-order valence-corrected chi connectivity index (χ0v) is 9.49. The van der Waals surface area contributed by atoms with E-state index in [0.29, 0.717) is 5.92 Å². The van der Waals surface area contributed by atoms with Gasteiger partial charge in [0, 0.05) is 5.39 Å². The smallest absolute Gasteiger partial charge is 0.170 e. The van der Waals surface area contributed by atoms with E-state index < -0.39 is 0 Å². The van der Waals surface area contributed by atoms with E-state index in [1.54, 1.807) is 0 Å². The van der Waals surface area contributed by atoms with E-state index in [-0.39, 0.29) is 0 Å². The second-order valence-electron chi connectivity index (χ2n) is 4.64. The maximum Gasteiger partial charge on any atom is 0.170 e. The highest BCUT2D eigenvalue weighted by atomic mass is 16.5. The molecule has 84 valence electrons. The van der Waals surface area contributed by atoms with Crippen LogP contribution >= 0.6 is 0 Å². The average molecular weight is 216 g/mol. The minimum absolute atomic E-state index is 0.716. The lowest BCUT2D eigenvalue weighted by Gasteiger charge is -2.04. The Morgan fingerprint density at radius 3 is 3.25 bits per heavy atom. The van der Waals surface area contributed by atoms with Gasteiger partial charge in [-0.15, -0.1) is 0 Å². The summed E-state index contributed by atoms with van der Waals surface area (Å²) in [6.45, 7) is 4.31. The SMILES string of the molecule is Cc1cccc2c(CC3CCNC3)noc12. The molecule has 1 aromatic heterocycles. The van der Waals surface area contributed by atoms with Crippen molar-refractivity contribution >= 4 is 11.0 Å². The van der Waals surface area contributed by atoms with Gasteiger partial charge in [0.1, 0.15) is 0 Å². The average Bonchev–Trinajstić information content (AvgIpc) is 2.90. The zero-order chi connectivity index (χ0) is 11.0. The molecule has 2 aromatic rings. The fraction of sp³-hybridized carbons (Fsp3) is 0.462. The van der Waals surface area contributed by atoms with E-state index in [1.165, 1.54) is 17.4 Å². The summed E-state index contributed by atoms with van der Waals surface area (Å²) in [5.41, 5.74) is 3.23. The Hall–Kier alpha value is -1.35. The second-order valence-corrected chi connectivity index (χ2v) is 4.64. The molecule has 0 spiro atoms. The van der Waals surface area contributed by atoms with Gasteiger partial charge in [0.2, 0.25) is 0 Å². The van der Waals surface area contributed by atoms with Crippen molar-refractivity contribution in [3.63, 3.8) is 0 Å². The standard InChI is InChI=1S/C13H16N2O/c1-9-3-2-4-11-12(15-16-13(9)11)7-10-5-6-14-8-10/h2-4,10,14H,5-8H2,1H3. The number of nitrogens with one attached hydrogen (secondary N) is 1. The van der Waals surface area contributed by atoms with Crippen LogP contribution in [0.15, 0.2) is 22.7 Å². The summed E-state index contributed by atoms with van der Waals surface area (Å²) in [7, 11) is 0. The van der Waals surface area contributed by atoms with E-state index in [2.05, 4.69) is 35.6 Å². The summed E-state index contributed by atoms with van der Waals surface area (Å²) < 4.78 is 5.42. The molecule has 1 unspecified atom stereocenters. The number of aromatic nitrogens is 1. The molecule has 1 aromatic carbocycles. The van der Waals surface area contributed by atoms with Gasteiger partial charge >= 0.3 is 0 Å². The molecule has 1 atom stereocenters. The summed E-state index contributed by atoms with van der Waals surface area (Å²) in [6.07, 6.45) is 2.28. The Morgan fingerprint density at radius 1 is 1.50 bits per heavy atom. The third-order valence-electron chi connectivity index (χ3n) is 3.41. The summed E-state index contributed by atoms with van der Waals surface area (Å²) >= 11 is 0. The quantitative estimate of drug-likeness (QED) is 0.837. The lowest BCUT2D eigenvalue weighted by Crippen LogP contribution is -2.10. The number of nitrogens with zero attached hydrogens (tertiary/aromatic N) is 1. The molecule has 0 saturated carbocycles. The van der Waals surface area contributed by atoms with Crippen LogP contribution in [0.4, 0.5) is 0 Å². The molecule has 0 radical (unpaired) electrons. The second kappa shape index (κ2) is 3.91. The van der Waals surface area contributed by atoms with Crippen LogP contribution in [-0.2, 0) is 6.42 Å². The Balaban J connectivity index is 1.94. The Labute approximate surface area is 94.8 Å². The molecule has 16 heavy (non-hydrogen) atoms. The van der Waals surface area contributed by atoms with Gasteiger partial charge < -0.3 is 9.84 Å². The van der Waals surface area contributed by atoms with Crippen LogP contribution < -0.4 is 5.32 Å². The van der Waals surface area contributed by atoms with Gasteiger partial charge in [-0.2, -0.15) is 0 Å². The van der Waals surface area contributed by atoms with Gasteiger partial charge in [-0.05, 0) is 50.4 Å². The fourth-order valence-corrected chi connectivity index (χ4v) is 2.46. The van der Waals surface area contributed by atoms with Crippen molar-refractivity contribution in [2.75, 3.05) is 13.1 Å². The molecule has 3 rings (SSSR count). The van der Waals surface area contributed by atoms with E-state index in [0.717, 1.165) is 30.8 Å². The third-order valence-corrected chi connectivity index (χ3v) is 3.41. The van der Waals surface area contributed by atoms with Crippen molar-refractivity contribution in [1.29, 1.82) is 0 Å². The normalized spacial score (nSPS) is 20.7. The molecule has 0 aliphatic carbocycles. The molecule has 1 N–H and O–H groups in total. The molecular formula is C13H16N2O. The number of hydrogen-bond donors (Lipinski definition) is 1.